The molecule has 0 amide bonds. The van der Waals surface area contributed by atoms with E-state index < -0.39 is 67.2 Å². The molecule has 41 heavy (non-hydrogen) atoms. The van der Waals surface area contributed by atoms with Crippen LogP contribution in [0.1, 0.15) is 6.92 Å². The van der Waals surface area contributed by atoms with E-state index in [1.807, 2.05) is 0 Å². The fourth-order valence-electron chi connectivity index (χ4n) is 3.51. The summed E-state index contributed by atoms with van der Waals surface area (Å²) in [5, 5.41) is -0.564. The third-order valence-electron chi connectivity index (χ3n) is 4.89. The largest absolute Gasteiger partial charge is 0.462 e. The van der Waals surface area contributed by atoms with Crippen molar-refractivity contribution >= 4 is 23.4 Å². The van der Waals surface area contributed by atoms with Gasteiger partial charge in [0.05, 0.1) is 6.61 Å². The van der Waals surface area contributed by atoms with Crippen molar-refractivity contribution in [1.29, 1.82) is 0 Å². The number of H-pyrrole nitrogens is 1. The van der Waals surface area contributed by atoms with Gasteiger partial charge in [-0.2, -0.15) is 35.1 Å². The van der Waals surface area contributed by atoms with Crippen LogP contribution in [0.3, 0.4) is 0 Å². The average Bonchev–Trinajstić information content (AvgIpc) is 2.81. The SMILES string of the molecule is CCOC(=O)/C(Cl)=C\N1CC(F)(F)OC(F)(F)C1.O=c1cc(N2CC(F)(F)OC(F)(F)C2)nc(-c2ccncc2)[nH]1. The van der Waals surface area contributed by atoms with E-state index in [1.165, 1.54) is 31.5 Å². The van der Waals surface area contributed by atoms with Crippen LogP contribution in [0.5, 0.6) is 0 Å². The number of esters is 1. The summed E-state index contributed by atoms with van der Waals surface area (Å²) in [5.74, 6) is -1.20. The molecule has 0 unspecified atom stereocenters. The number of morpholine rings is 2. The number of rotatable bonds is 5. The molecule has 0 saturated carbocycles. The van der Waals surface area contributed by atoms with Crippen molar-refractivity contribution < 1.29 is 54.1 Å². The van der Waals surface area contributed by atoms with Gasteiger partial charge in [-0.3, -0.25) is 19.3 Å². The molecule has 2 aliphatic heterocycles. The van der Waals surface area contributed by atoms with Crippen molar-refractivity contribution in [2.75, 3.05) is 37.7 Å². The molecule has 0 aromatic carbocycles. The molecule has 226 valence electrons. The molecule has 4 rings (SSSR count). The van der Waals surface area contributed by atoms with Crippen LogP contribution < -0.4 is 10.5 Å². The van der Waals surface area contributed by atoms with Crippen LogP contribution in [0.4, 0.5) is 40.9 Å². The van der Waals surface area contributed by atoms with E-state index in [9.17, 15) is 44.7 Å². The van der Waals surface area contributed by atoms with E-state index in [2.05, 4.69) is 29.2 Å². The summed E-state index contributed by atoms with van der Waals surface area (Å²) < 4.78 is 116. The van der Waals surface area contributed by atoms with Crippen molar-refractivity contribution in [2.24, 2.45) is 0 Å². The molecule has 2 aliphatic rings. The number of hydrogen-bond acceptors (Lipinski definition) is 9. The number of aromatic amines is 1. The summed E-state index contributed by atoms with van der Waals surface area (Å²) >= 11 is 5.44. The molecule has 4 heterocycles. The van der Waals surface area contributed by atoms with E-state index >= 15 is 0 Å². The molecule has 0 bridgehead atoms. The number of ether oxygens (including phenoxy) is 3. The Hall–Kier alpha value is -3.51. The molecule has 19 heteroatoms. The summed E-state index contributed by atoms with van der Waals surface area (Å²) in [6.07, 6.45) is -12.6. The van der Waals surface area contributed by atoms with Gasteiger partial charge in [-0.25, -0.2) is 9.78 Å². The predicted molar refractivity (Wildman–Crippen MR) is 124 cm³/mol. The van der Waals surface area contributed by atoms with Crippen LogP contribution in [0.2, 0.25) is 0 Å². The molecule has 2 fully saturated rings. The first kappa shape index (κ1) is 32.0. The number of pyridine rings is 1. The normalized spacial score (nSPS) is 21.0. The number of halogens is 9. The summed E-state index contributed by atoms with van der Waals surface area (Å²) in [4.78, 5) is 34.1. The third-order valence-corrected chi connectivity index (χ3v) is 5.15. The van der Waals surface area contributed by atoms with Crippen LogP contribution in [-0.4, -0.2) is 83.0 Å². The molecular weight excluding hydrogens is 602 g/mol. The Morgan fingerprint density at radius 2 is 1.51 bits per heavy atom. The van der Waals surface area contributed by atoms with Gasteiger partial charge in [0.1, 0.15) is 42.9 Å². The van der Waals surface area contributed by atoms with Crippen molar-refractivity contribution in [1.82, 2.24) is 19.9 Å². The molecule has 2 aromatic rings. The monoisotopic (exact) mass is 621 g/mol. The molecule has 0 aliphatic carbocycles. The highest BCUT2D eigenvalue weighted by Gasteiger charge is 2.52. The highest BCUT2D eigenvalue weighted by atomic mass is 35.5. The molecule has 2 aromatic heterocycles. The zero-order valence-electron chi connectivity index (χ0n) is 20.7. The number of carbonyl (C=O) groups is 1. The maximum Gasteiger partial charge on any atom is 0.377 e. The molecule has 0 atom stereocenters. The van der Waals surface area contributed by atoms with Gasteiger partial charge in [0.2, 0.25) is 0 Å². The summed E-state index contributed by atoms with van der Waals surface area (Å²) in [7, 11) is 0. The van der Waals surface area contributed by atoms with Gasteiger partial charge in [0, 0.05) is 30.2 Å². The lowest BCUT2D eigenvalue weighted by molar-refractivity contribution is -0.401. The first-order valence-corrected chi connectivity index (χ1v) is 11.7. The standard InChI is InChI=1S/C13H10F4N4O2.C9H10ClF4NO3/c14-12(15)6-21(7-13(16,17)23-12)9-5-10(22)20-11(19-9)8-1-3-18-4-2-8;1-2-17-7(16)6(10)3-15-4-8(11,12)18-9(13,14)5-15/h1-5H,6-7H2,(H,19,20,22);3H,2,4-5H2,1H3/b;6-3+. The van der Waals surface area contributed by atoms with Crippen LogP contribution >= 0.6 is 11.6 Å². The lowest BCUT2D eigenvalue weighted by atomic mass is 10.2. The van der Waals surface area contributed by atoms with Gasteiger partial charge in [-0.05, 0) is 19.1 Å². The molecule has 0 spiro atoms. The van der Waals surface area contributed by atoms with Crippen LogP contribution in [0, 0.1) is 0 Å². The Morgan fingerprint density at radius 1 is 1.00 bits per heavy atom. The Kier molecular flexibility index (Phi) is 9.49. The number of carbonyl (C=O) groups excluding carboxylic acids is 1. The number of anilines is 1. The molecular formula is C22H20ClF8N5O5. The van der Waals surface area contributed by atoms with E-state index in [4.69, 9.17) is 11.6 Å². The summed E-state index contributed by atoms with van der Waals surface area (Å²) in [5.41, 5.74) is -0.189. The number of nitrogens with one attached hydrogen (secondary N) is 1. The third kappa shape index (κ3) is 9.53. The Balaban J connectivity index is 0.000000233. The second-order valence-electron chi connectivity index (χ2n) is 8.40. The Bertz CT molecular complexity index is 1280. The lowest BCUT2D eigenvalue weighted by Gasteiger charge is -2.37. The maximum absolute atomic E-state index is 13.3. The zero-order chi connectivity index (χ0) is 30.6. The molecule has 1 N–H and O–H groups in total. The smallest absolute Gasteiger partial charge is 0.377 e. The lowest BCUT2D eigenvalue weighted by Crippen LogP contribution is -2.55. The number of aromatic nitrogens is 3. The van der Waals surface area contributed by atoms with Crippen LogP contribution in [0.15, 0.2) is 46.6 Å². The van der Waals surface area contributed by atoms with E-state index in [-0.39, 0.29) is 18.2 Å². The Morgan fingerprint density at radius 3 is 2.02 bits per heavy atom. The first-order valence-electron chi connectivity index (χ1n) is 11.4. The topological polar surface area (TPSA) is 110 Å². The number of hydrogen-bond donors (Lipinski definition) is 1. The maximum atomic E-state index is 13.3. The zero-order valence-corrected chi connectivity index (χ0v) is 21.5. The predicted octanol–water partition coefficient (Wildman–Crippen LogP) is 4.00. The van der Waals surface area contributed by atoms with Gasteiger partial charge < -0.3 is 19.5 Å². The second-order valence-corrected chi connectivity index (χ2v) is 8.81. The first-order chi connectivity index (χ1) is 18.9. The van der Waals surface area contributed by atoms with Gasteiger partial charge in [-0.15, -0.1) is 0 Å². The van der Waals surface area contributed by atoms with Crippen molar-refractivity contribution in [3.63, 3.8) is 0 Å². The second kappa shape index (κ2) is 12.2. The van der Waals surface area contributed by atoms with Crippen molar-refractivity contribution in [3.8, 4) is 11.4 Å². The average molecular weight is 622 g/mol. The molecule has 10 nitrogen and oxygen atoms in total. The minimum Gasteiger partial charge on any atom is -0.462 e. The van der Waals surface area contributed by atoms with Gasteiger partial charge in [0.15, 0.2) is 0 Å². The highest BCUT2D eigenvalue weighted by molar-refractivity contribution is 6.41. The van der Waals surface area contributed by atoms with Crippen molar-refractivity contribution in [3.05, 3.63) is 52.2 Å². The van der Waals surface area contributed by atoms with E-state index in [1.54, 1.807) is 0 Å². The van der Waals surface area contributed by atoms with Gasteiger partial charge >= 0.3 is 30.4 Å². The number of alkyl halides is 8. The quantitative estimate of drug-likeness (QED) is 0.301. The molecule has 0 radical (unpaired) electrons. The summed E-state index contributed by atoms with van der Waals surface area (Å²) in [6.45, 7) is -2.97. The minimum atomic E-state index is -4.05. The summed E-state index contributed by atoms with van der Waals surface area (Å²) in [6, 6.07) is 3.94. The van der Waals surface area contributed by atoms with E-state index in [0.29, 0.717) is 21.6 Å². The minimum absolute atomic E-state index is 0.0261. The van der Waals surface area contributed by atoms with Gasteiger partial charge in [-0.1, -0.05) is 11.6 Å². The van der Waals surface area contributed by atoms with E-state index in [0.717, 1.165) is 6.07 Å². The fourth-order valence-corrected chi connectivity index (χ4v) is 3.71. The fraction of sp³-hybridized carbons (Fsp3) is 0.455. The molecule has 2 saturated heterocycles. The van der Waals surface area contributed by atoms with Crippen molar-refractivity contribution in [2.45, 2.75) is 31.4 Å². The van der Waals surface area contributed by atoms with Gasteiger partial charge in [0.25, 0.3) is 5.56 Å². The van der Waals surface area contributed by atoms with Crippen LogP contribution in [0.25, 0.3) is 11.4 Å². The van der Waals surface area contributed by atoms with Crippen LogP contribution in [-0.2, 0) is 19.0 Å². The Labute approximate surface area is 230 Å². The highest BCUT2D eigenvalue weighted by Crippen LogP contribution is 2.36. The number of nitrogens with zero attached hydrogens (tertiary/aromatic N) is 4.